The maximum absolute atomic E-state index is 9.29. The van der Waals surface area contributed by atoms with E-state index in [-0.39, 0.29) is 12.4 Å². The van der Waals surface area contributed by atoms with Crippen molar-refractivity contribution < 1.29 is 10.2 Å². The molecule has 0 spiro atoms. The Morgan fingerprint density at radius 2 is 2.17 bits per heavy atom. The summed E-state index contributed by atoms with van der Waals surface area (Å²) in [6, 6.07) is 3.97. The lowest BCUT2D eigenvalue weighted by molar-refractivity contribution is 0.265. The summed E-state index contributed by atoms with van der Waals surface area (Å²) in [6.45, 7) is -0.214. The Labute approximate surface area is 75.4 Å². The van der Waals surface area contributed by atoms with Crippen LogP contribution in [0.25, 0.3) is 0 Å². The summed E-state index contributed by atoms with van der Waals surface area (Å²) < 4.78 is 0. The number of hydrogen-bond acceptors (Lipinski definition) is 3. The number of hydrogen-bond donors (Lipinski definition) is 3. The number of aliphatic hydroxyl groups is 1. The average Bonchev–Trinajstić information content (AvgIpc) is 2.08. The molecule has 66 valence electrons. The lowest BCUT2D eigenvalue weighted by Gasteiger charge is -2.10. The van der Waals surface area contributed by atoms with Crippen molar-refractivity contribution in [2.75, 3.05) is 6.61 Å². The highest BCUT2D eigenvalue weighted by molar-refractivity contribution is 6.30. The van der Waals surface area contributed by atoms with Gasteiger partial charge in [0.15, 0.2) is 0 Å². The van der Waals surface area contributed by atoms with Gasteiger partial charge in [0, 0.05) is 10.6 Å². The van der Waals surface area contributed by atoms with Crippen LogP contribution >= 0.6 is 11.6 Å². The van der Waals surface area contributed by atoms with E-state index in [0.29, 0.717) is 10.6 Å². The van der Waals surface area contributed by atoms with E-state index >= 15 is 0 Å². The second-order valence-corrected chi connectivity index (χ2v) is 2.93. The Kier molecular flexibility index (Phi) is 2.92. The Bertz CT molecular complexity index is 278. The molecule has 0 fully saturated rings. The summed E-state index contributed by atoms with van der Waals surface area (Å²) in [5.74, 6) is 0.0564. The third-order valence-corrected chi connectivity index (χ3v) is 1.82. The quantitative estimate of drug-likeness (QED) is 0.648. The Hall–Kier alpha value is -0.770. The van der Waals surface area contributed by atoms with Crippen molar-refractivity contribution in [2.24, 2.45) is 5.73 Å². The van der Waals surface area contributed by atoms with Gasteiger partial charge in [-0.2, -0.15) is 0 Å². The normalized spacial score (nSPS) is 12.9. The van der Waals surface area contributed by atoms with Crippen molar-refractivity contribution >= 4 is 11.6 Å². The van der Waals surface area contributed by atoms with E-state index in [4.69, 9.17) is 22.4 Å². The van der Waals surface area contributed by atoms with E-state index in [1.54, 1.807) is 6.07 Å². The fraction of sp³-hybridized carbons (Fsp3) is 0.250. The van der Waals surface area contributed by atoms with Crippen LogP contribution in [-0.4, -0.2) is 16.8 Å². The number of halogens is 1. The third-order valence-electron chi connectivity index (χ3n) is 1.59. The monoisotopic (exact) mass is 187 g/mol. The fourth-order valence-corrected chi connectivity index (χ4v) is 1.10. The van der Waals surface area contributed by atoms with E-state index in [1.807, 2.05) is 0 Å². The van der Waals surface area contributed by atoms with Crippen molar-refractivity contribution in [2.45, 2.75) is 6.04 Å². The van der Waals surface area contributed by atoms with Crippen LogP contribution in [0.3, 0.4) is 0 Å². The van der Waals surface area contributed by atoms with Gasteiger partial charge in [-0.1, -0.05) is 11.6 Å². The smallest absolute Gasteiger partial charge is 0.120 e. The number of nitrogens with two attached hydrogens (primary N) is 1. The van der Waals surface area contributed by atoms with Crippen LogP contribution in [0, 0.1) is 0 Å². The summed E-state index contributed by atoms with van der Waals surface area (Å²) in [4.78, 5) is 0. The lowest BCUT2D eigenvalue weighted by Crippen LogP contribution is -2.14. The van der Waals surface area contributed by atoms with Gasteiger partial charge < -0.3 is 15.9 Å². The van der Waals surface area contributed by atoms with Crippen molar-refractivity contribution in [3.05, 3.63) is 28.8 Å². The largest absolute Gasteiger partial charge is 0.508 e. The Morgan fingerprint density at radius 1 is 1.50 bits per heavy atom. The van der Waals surface area contributed by atoms with Crippen molar-refractivity contribution in [1.29, 1.82) is 0 Å². The minimum Gasteiger partial charge on any atom is -0.508 e. The van der Waals surface area contributed by atoms with Gasteiger partial charge in [-0.05, 0) is 18.2 Å². The topological polar surface area (TPSA) is 66.5 Å². The van der Waals surface area contributed by atoms with Crippen LogP contribution in [0.2, 0.25) is 5.02 Å². The van der Waals surface area contributed by atoms with Gasteiger partial charge in [-0.25, -0.2) is 0 Å². The number of aromatic hydroxyl groups is 1. The molecule has 0 radical (unpaired) electrons. The standard InChI is InChI=1S/C8H10ClNO2/c9-5-1-2-8(12)6(3-5)7(10)4-11/h1-3,7,11-12H,4,10H2. The molecule has 0 aliphatic rings. The highest BCUT2D eigenvalue weighted by Crippen LogP contribution is 2.25. The summed E-state index contributed by atoms with van der Waals surface area (Å²) >= 11 is 5.67. The van der Waals surface area contributed by atoms with Crippen LogP contribution in [0.15, 0.2) is 18.2 Å². The minimum atomic E-state index is -0.580. The summed E-state index contributed by atoms with van der Waals surface area (Å²) in [7, 11) is 0. The molecule has 0 saturated carbocycles. The first-order valence-corrected chi connectivity index (χ1v) is 3.88. The van der Waals surface area contributed by atoms with E-state index < -0.39 is 6.04 Å². The molecule has 12 heavy (non-hydrogen) atoms. The number of aliphatic hydroxyl groups excluding tert-OH is 1. The minimum absolute atomic E-state index is 0.0564. The summed E-state index contributed by atoms with van der Waals surface area (Å²) in [6.07, 6.45) is 0. The molecule has 1 rings (SSSR count). The molecule has 0 aliphatic heterocycles. The maximum atomic E-state index is 9.29. The number of phenols is 1. The maximum Gasteiger partial charge on any atom is 0.120 e. The highest BCUT2D eigenvalue weighted by Gasteiger charge is 2.09. The Morgan fingerprint density at radius 3 is 2.75 bits per heavy atom. The zero-order valence-corrected chi connectivity index (χ0v) is 7.12. The highest BCUT2D eigenvalue weighted by atomic mass is 35.5. The molecule has 0 bridgehead atoms. The first-order chi connectivity index (χ1) is 5.65. The van der Waals surface area contributed by atoms with Crippen LogP contribution in [-0.2, 0) is 0 Å². The summed E-state index contributed by atoms with van der Waals surface area (Å²) in [5.41, 5.74) is 5.96. The fourth-order valence-electron chi connectivity index (χ4n) is 0.921. The number of phenolic OH excluding ortho intramolecular Hbond substituents is 1. The molecule has 0 aliphatic carbocycles. The third kappa shape index (κ3) is 1.88. The molecule has 3 nitrogen and oxygen atoms in total. The number of benzene rings is 1. The molecule has 0 amide bonds. The molecule has 4 N–H and O–H groups in total. The SMILES string of the molecule is NC(CO)c1cc(Cl)ccc1O. The van der Waals surface area contributed by atoms with Crippen LogP contribution in [0.4, 0.5) is 0 Å². The van der Waals surface area contributed by atoms with Gasteiger partial charge in [0.1, 0.15) is 5.75 Å². The molecular formula is C8H10ClNO2. The van der Waals surface area contributed by atoms with Crippen LogP contribution in [0.1, 0.15) is 11.6 Å². The van der Waals surface area contributed by atoms with E-state index in [9.17, 15) is 5.11 Å². The first-order valence-electron chi connectivity index (χ1n) is 3.50. The second-order valence-electron chi connectivity index (χ2n) is 2.49. The van der Waals surface area contributed by atoms with Gasteiger partial charge >= 0.3 is 0 Å². The van der Waals surface area contributed by atoms with E-state index in [0.717, 1.165) is 0 Å². The van der Waals surface area contributed by atoms with Gasteiger partial charge in [0.05, 0.1) is 12.6 Å². The molecule has 0 heterocycles. The van der Waals surface area contributed by atoms with Gasteiger partial charge in [-0.15, -0.1) is 0 Å². The zero-order chi connectivity index (χ0) is 9.14. The van der Waals surface area contributed by atoms with Crippen LogP contribution in [0.5, 0.6) is 5.75 Å². The molecule has 1 atom stereocenters. The molecule has 1 aromatic rings. The van der Waals surface area contributed by atoms with Crippen molar-refractivity contribution in [3.8, 4) is 5.75 Å². The predicted octanol–water partition coefficient (Wildman–Crippen LogP) is 1.04. The van der Waals surface area contributed by atoms with E-state index in [1.165, 1.54) is 12.1 Å². The molecular weight excluding hydrogens is 178 g/mol. The molecule has 4 heteroatoms. The molecule has 1 aromatic carbocycles. The zero-order valence-electron chi connectivity index (χ0n) is 6.37. The molecule has 0 saturated heterocycles. The van der Waals surface area contributed by atoms with Gasteiger partial charge in [0.25, 0.3) is 0 Å². The average molecular weight is 188 g/mol. The van der Waals surface area contributed by atoms with Gasteiger partial charge in [0.2, 0.25) is 0 Å². The van der Waals surface area contributed by atoms with E-state index in [2.05, 4.69) is 0 Å². The first kappa shape index (κ1) is 9.32. The molecule has 1 unspecified atom stereocenters. The molecule has 0 aromatic heterocycles. The second kappa shape index (κ2) is 3.76. The predicted molar refractivity (Wildman–Crippen MR) is 47.1 cm³/mol. The Balaban J connectivity index is 3.04. The lowest BCUT2D eigenvalue weighted by atomic mass is 10.1. The van der Waals surface area contributed by atoms with Crippen molar-refractivity contribution in [3.63, 3.8) is 0 Å². The summed E-state index contributed by atoms with van der Waals surface area (Å²) in [5, 5.41) is 18.5. The van der Waals surface area contributed by atoms with Crippen LogP contribution < -0.4 is 5.73 Å². The number of rotatable bonds is 2. The van der Waals surface area contributed by atoms with Crippen molar-refractivity contribution in [1.82, 2.24) is 0 Å². The van der Waals surface area contributed by atoms with Gasteiger partial charge in [-0.3, -0.25) is 0 Å².